The van der Waals surface area contributed by atoms with Crippen molar-refractivity contribution in [1.29, 1.82) is 0 Å². The van der Waals surface area contributed by atoms with Gasteiger partial charge in [-0.05, 0) is 32.6 Å². The van der Waals surface area contributed by atoms with Crippen molar-refractivity contribution in [2.24, 2.45) is 0 Å². The summed E-state index contributed by atoms with van der Waals surface area (Å²) in [5.41, 5.74) is 2.44. The first kappa shape index (κ1) is 12.9. The number of rotatable bonds is 6. The van der Waals surface area contributed by atoms with Gasteiger partial charge in [-0.1, -0.05) is 38.7 Å². The second-order valence-electron chi connectivity index (χ2n) is 4.36. The van der Waals surface area contributed by atoms with Gasteiger partial charge in [0.25, 0.3) is 0 Å². The summed E-state index contributed by atoms with van der Waals surface area (Å²) in [4.78, 5) is 2.58. The van der Waals surface area contributed by atoms with Crippen LogP contribution in [0.2, 0.25) is 13.1 Å². The quantitative estimate of drug-likeness (QED) is 0.594. The molecule has 0 aliphatic carbocycles. The lowest BCUT2D eigenvalue weighted by molar-refractivity contribution is 0.330. The minimum absolute atomic E-state index is 1.08. The van der Waals surface area contributed by atoms with E-state index in [9.17, 15) is 0 Å². The highest BCUT2D eigenvalue weighted by molar-refractivity contribution is 6.82. The van der Waals surface area contributed by atoms with Gasteiger partial charge in [0.05, 0.1) is 8.07 Å². The second kappa shape index (κ2) is 6.38. The van der Waals surface area contributed by atoms with Crippen LogP contribution in [0.15, 0.2) is 11.8 Å². The molecule has 78 valence electrons. The normalized spacial score (nSPS) is 13.1. The van der Waals surface area contributed by atoms with Crippen LogP contribution >= 0.6 is 0 Å². The van der Waals surface area contributed by atoms with Gasteiger partial charge in [0, 0.05) is 0 Å². The molecule has 0 heterocycles. The molecule has 0 saturated carbocycles. The van der Waals surface area contributed by atoms with Gasteiger partial charge in [-0.15, -0.1) is 0 Å². The molecule has 0 radical (unpaired) electrons. The Morgan fingerprint density at radius 1 is 1.23 bits per heavy atom. The molecule has 0 aliphatic heterocycles. The molecule has 1 nitrogen and oxygen atoms in total. The lowest BCUT2D eigenvalue weighted by Crippen LogP contribution is -2.41. The Hall–Kier alpha value is -0.0831. The van der Waals surface area contributed by atoms with Crippen molar-refractivity contribution in [3.63, 3.8) is 0 Å². The highest BCUT2D eigenvalue weighted by Crippen LogP contribution is 2.07. The molecule has 0 N–H and O–H groups in total. The maximum atomic E-state index is 2.58. The summed E-state index contributed by atoms with van der Waals surface area (Å²) in [6, 6.07) is 0. The van der Waals surface area contributed by atoms with Crippen LogP contribution in [-0.4, -0.2) is 32.2 Å². The highest BCUT2D eigenvalue weighted by atomic mass is 28.3. The molecule has 0 aromatic carbocycles. The largest absolute Gasteiger partial charge is 0.306 e. The van der Waals surface area contributed by atoms with Gasteiger partial charge < -0.3 is 4.90 Å². The van der Waals surface area contributed by atoms with Crippen LogP contribution in [0, 0.1) is 0 Å². The first-order valence-electron chi connectivity index (χ1n) is 5.42. The zero-order valence-electron chi connectivity index (χ0n) is 9.93. The summed E-state index contributed by atoms with van der Waals surface area (Å²) >= 11 is 0. The molecule has 0 atom stereocenters. The zero-order valence-corrected chi connectivity index (χ0v) is 10.9. The zero-order chi connectivity index (χ0) is 10.3. The van der Waals surface area contributed by atoms with E-state index in [2.05, 4.69) is 50.5 Å². The van der Waals surface area contributed by atoms with Gasteiger partial charge >= 0.3 is 0 Å². The van der Waals surface area contributed by atoms with Gasteiger partial charge in [-0.25, -0.2) is 0 Å². The molecule has 0 fully saturated rings. The van der Waals surface area contributed by atoms with Gasteiger partial charge in [0.15, 0.2) is 0 Å². The van der Waals surface area contributed by atoms with Crippen LogP contribution in [0.25, 0.3) is 0 Å². The van der Waals surface area contributed by atoms with Crippen molar-refractivity contribution in [1.82, 2.24) is 4.90 Å². The van der Waals surface area contributed by atoms with E-state index in [4.69, 9.17) is 0 Å². The Morgan fingerprint density at radius 2 is 1.85 bits per heavy atom. The standard InChI is InChI=1S/C11H25NSi/c1-6-9-12(8-3)11-13(4,5)10-7-2/h7,10H,6,8-9,11H2,1-5H3/b10-7-. The van der Waals surface area contributed by atoms with Crippen molar-refractivity contribution in [3.8, 4) is 0 Å². The monoisotopic (exact) mass is 199 g/mol. The summed E-state index contributed by atoms with van der Waals surface area (Å²) in [5, 5.41) is 0. The van der Waals surface area contributed by atoms with Gasteiger partial charge in [-0.3, -0.25) is 0 Å². The summed E-state index contributed by atoms with van der Waals surface area (Å²) in [6.07, 6.45) is 4.79. The van der Waals surface area contributed by atoms with Crippen LogP contribution < -0.4 is 0 Å². The Bertz CT molecular complexity index is 152. The fourth-order valence-electron chi connectivity index (χ4n) is 1.75. The van der Waals surface area contributed by atoms with E-state index in [1.54, 1.807) is 0 Å². The third-order valence-electron chi connectivity index (χ3n) is 2.24. The van der Waals surface area contributed by atoms with Gasteiger partial charge in [0.2, 0.25) is 0 Å². The van der Waals surface area contributed by atoms with Crippen LogP contribution in [0.3, 0.4) is 0 Å². The Balaban J connectivity index is 4.04. The predicted molar refractivity (Wildman–Crippen MR) is 64.7 cm³/mol. The van der Waals surface area contributed by atoms with Crippen molar-refractivity contribution >= 4 is 8.07 Å². The molecular formula is C11H25NSi. The second-order valence-corrected chi connectivity index (χ2v) is 8.98. The van der Waals surface area contributed by atoms with Crippen LogP contribution in [0.1, 0.15) is 27.2 Å². The topological polar surface area (TPSA) is 3.24 Å². The molecule has 0 bridgehead atoms. The summed E-state index contributed by atoms with van der Waals surface area (Å²) in [5.74, 6) is 0. The Labute approximate surface area is 84.8 Å². The molecule has 0 saturated heterocycles. The minimum atomic E-state index is -1.08. The first-order valence-corrected chi connectivity index (χ1v) is 8.70. The van der Waals surface area contributed by atoms with Crippen molar-refractivity contribution in [2.75, 3.05) is 19.3 Å². The van der Waals surface area contributed by atoms with E-state index < -0.39 is 8.07 Å². The maximum Gasteiger partial charge on any atom is 0.0857 e. The Morgan fingerprint density at radius 3 is 2.23 bits per heavy atom. The molecule has 0 amide bonds. The molecule has 0 spiro atoms. The van der Waals surface area contributed by atoms with Crippen molar-refractivity contribution < 1.29 is 0 Å². The van der Waals surface area contributed by atoms with E-state index in [1.165, 1.54) is 25.7 Å². The highest BCUT2D eigenvalue weighted by Gasteiger charge is 2.19. The van der Waals surface area contributed by atoms with Gasteiger partial charge in [-0.2, -0.15) is 0 Å². The van der Waals surface area contributed by atoms with Crippen molar-refractivity contribution in [2.45, 2.75) is 40.3 Å². The summed E-state index contributed by atoms with van der Waals surface area (Å²) in [7, 11) is -1.08. The summed E-state index contributed by atoms with van der Waals surface area (Å²) < 4.78 is 0. The lowest BCUT2D eigenvalue weighted by atomic mass is 10.4. The number of hydrogen-bond acceptors (Lipinski definition) is 1. The molecule has 0 aliphatic rings. The maximum absolute atomic E-state index is 2.58. The predicted octanol–water partition coefficient (Wildman–Crippen LogP) is 3.08. The number of hydrogen-bond donors (Lipinski definition) is 0. The molecular weight excluding hydrogens is 174 g/mol. The minimum Gasteiger partial charge on any atom is -0.306 e. The third-order valence-corrected chi connectivity index (χ3v) is 4.73. The molecule has 0 aromatic rings. The number of allylic oxidation sites excluding steroid dienone is 1. The fraction of sp³-hybridized carbons (Fsp3) is 0.818. The van der Waals surface area contributed by atoms with E-state index >= 15 is 0 Å². The molecule has 0 rings (SSSR count). The molecule has 2 heteroatoms. The average molecular weight is 199 g/mol. The lowest BCUT2D eigenvalue weighted by Gasteiger charge is -2.27. The van der Waals surface area contributed by atoms with E-state index in [1.807, 2.05) is 0 Å². The van der Waals surface area contributed by atoms with Crippen LogP contribution in [0.5, 0.6) is 0 Å². The smallest absolute Gasteiger partial charge is 0.0857 e. The van der Waals surface area contributed by atoms with Gasteiger partial charge in [0.1, 0.15) is 0 Å². The molecule has 0 aromatic heterocycles. The third kappa shape index (κ3) is 6.05. The number of nitrogens with zero attached hydrogens (tertiary/aromatic N) is 1. The van der Waals surface area contributed by atoms with Crippen molar-refractivity contribution in [3.05, 3.63) is 11.8 Å². The fourth-order valence-corrected chi connectivity index (χ4v) is 4.29. The Kier molecular flexibility index (Phi) is 6.34. The average Bonchev–Trinajstić information content (AvgIpc) is 2.03. The molecule has 0 unspecified atom stereocenters. The van der Waals surface area contributed by atoms with Crippen LogP contribution in [-0.2, 0) is 0 Å². The van der Waals surface area contributed by atoms with E-state index in [-0.39, 0.29) is 0 Å². The summed E-state index contributed by atoms with van der Waals surface area (Å²) in [6.45, 7) is 14.0. The molecule has 13 heavy (non-hydrogen) atoms. The van der Waals surface area contributed by atoms with Crippen LogP contribution in [0.4, 0.5) is 0 Å². The first-order chi connectivity index (χ1) is 6.05. The van der Waals surface area contributed by atoms with E-state index in [0.29, 0.717) is 0 Å². The van der Waals surface area contributed by atoms with E-state index in [0.717, 1.165) is 0 Å². The SMILES string of the molecule is C/C=C\[Si](C)(C)CN(CC)CCC.